The van der Waals surface area contributed by atoms with Crippen LogP contribution in [0.3, 0.4) is 0 Å². The van der Waals surface area contributed by atoms with E-state index >= 15 is 0 Å². The predicted molar refractivity (Wildman–Crippen MR) is 41.2 cm³/mol. The molecule has 0 saturated carbocycles. The first-order chi connectivity index (χ1) is 5.66. The largest absolute Gasteiger partial charge is 0.398 e. The lowest BCUT2D eigenvalue weighted by Gasteiger charge is -2.04. The van der Waals surface area contributed by atoms with E-state index < -0.39 is 6.43 Å². The lowest BCUT2D eigenvalue weighted by atomic mass is 10.1. The maximum Gasteiger partial charge on any atom is 0.264 e. The molecule has 0 unspecified atom stereocenters. The van der Waals surface area contributed by atoms with Crippen LogP contribution in [0.4, 0.5) is 14.5 Å². The van der Waals surface area contributed by atoms with Gasteiger partial charge in [0.2, 0.25) is 0 Å². The highest BCUT2D eigenvalue weighted by Gasteiger charge is 2.13. The van der Waals surface area contributed by atoms with Gasteiger partial charge in [-0.1, -0.05) is 12.1 Å². The van der Waals surface area contributed by atoms with E-state index in [1.54, 1.807) is 0 Å². The third-order valence-corrected chi connectivity index (χ3v) is 1.53. The van der Waals surface area contributed by atoms with Crippen LogP contribution in [-0.2, 0) is 0 Å². The van der Waals surface area contributed by atoms with E-state index in [-0.39, 0.29) is 16.8 Å². The Kier molecular flexibility index (Phi) is 2.38. The molecule has 0 aliphatic carbocycles. The Hall–Kier alpha value is -1.45. The third kappa shape index (κ3) is 1.42. The highest BCUT2D eigenvalue weighted by molar-refractivity contribution is 5.85. The van der Waals surface area contributed by atoms with E-state index in [4.69, 9.17) is 5.73 Å². The number of hydrogen-bond acceptors (Lipinski definition) is 2. The summed E-state index contributed by atoms with van der Waals surface area (Å²) in [5.74, 6) is 0. The quantitative estimate of drug-likeness (QED) is 0.546. The number of carbonyl (C=O) groups is 1. The zero-order chi connectivity index (χ0) is 9.14. The van der Waals surface area contributed by atoms with Gasteiger partial charge in [0.15, 0.2) is 6.29 Å². The standard InChI is InChI=1S/C8H7F2NO/c9-8(10)5-2-1-3-7(11)6(5)4-12/h1-4,8H,11H2. The average Bonchev–Trinajstić information content (AvgIpc) is 2.03. The van der Waals surface area contributed by atoms with Crippen LogP contribution in [0, 0.1) is 0 Å². The summed E-state index contributed by atoms with van der Waals surface area (Å²) in [6, 6.07) is 3.99. The fourth-order valence-corrected chi connectivity index (χ4v) is 0.928. The van der Waals surface area contributed by atoms with Crippen molar-refractivity contribution in [1.82, 2.24) is 0 Å². The maximum absolute atomic E-state index is 12.2. The van der Waals surface area contributed by atoms with Gasteiger partial charge in [0.25, 0.3) is 6.43 Å². The number of nitrogen functional groups attached to an aromatic ring is 1. The molecule has 2 N–H and O–H groups in total. The molecule has 2 nitrogen and oxygen atoms in total. The number of alkyl halides is 2. The van der Waals surface area contributed by atoms with E-state index in [1.165, 1.54) is 18.2 Å². The Balaban J connectivity index is 3.27. The molecule has 0 spiro atoms. The summed E-state index contributed by atoms with van der Waals surface area (Å²) in [5.41, 5.74) is 4.96. The summed E-state index contributed by atoms with van der Waals surface area (Å²) < 4.78 is 24.4. The van der Waals surface area contributed by atoms with Gasteiger partial charge in [0, 0.05) is 16.8 Å². The van der Waals surface area contributed by atoms with Gasteiger partial charge < -0.3 is 5.73 Å². The summed E-state index contributed by atoms with van der Waals surface area (Å²) >= 11 is 0. The molecule has 1 aromatic rings. The fourth-order valence-electron chi connectivity index (χ4n) is 0.928. The molecule has 0 aliphatic heterocycles. The molecule has 0 amide bonds. The number of anilines is 1. The van der Waals surface area contributed by atoms with Crippen molar-refractivity contribution < 1.29 is 13.6 Å². The van der Waals surface area contributed by atoms with Gasteiger partial charge in [-0.2, -0.15) is 0 Å². The van der Waals surface area contributed by atoms with Crippen LogP contribution in [-0.4, -0.2) is 6.29 Å². The van der Waals surface area contributed by atoms with Gasteiger partial charge in [-0.05, 0) is 6.07 Å². The second kappa shape index (κ2) is 3.30. The minimum atomic E-state index is -2.66. The first-order valence-electron chi connectivity index (χ1n) is 3.28. The van der Waals surface area contributed by atoms with E-state index in [0.29, 0.717) is 6.29 Å². The van der Waals surface area contributed by atoms with Crippen LogP contribution >= 0.6 is 0 Å². The number of hydrogen-bond donors (Lipinski definition) is 1. The maximum atomic E-state index is 12.2. The Morgan fingerprint density at radius 3 is 2.50 bits per heavy atom. The fraction of sp³-hybridized carbons (Fsp3) is 0.125. The molecule has 12 heavy (non-hydrogen) atoms. The number of aldehydes is 1. The molecular weight excluding hydrogens is 164 g/mol. The molecule has 64 valence electrons. The van der Waals surface area contributed by atoms with Gasteiger partial charge in [0.05, 0.1) is 0 Å². The number of halogens is 2. The van der Waals surface area contributed by atoms with E-state index in [2.05, 4.69) is 0 Å². The Morgan fingerprint density at radius 2 is 2.08 bits per heavy atom. The first kappa shape index (κ1) is 8.64. The van der Waals surface area contributed by atoms with Crippen molar-refractivity contribution in [2.45, 2.75) is 6.43 Å². The zero-order valence-electron chi connectivity index (χ0n) is 6.13. The van der Waals surface area contributed by atoms with Gasteiger partial charge in [0.1, 0.15) is 0 Å². The van der Waals surface area contributed by atoms with Gasteiger partial charge in [-0.3, -0.25) is 4.79 Å². The molecular formula is C8H7F2NO. The zero-order valence-corrected chi connectivity index (χ0v) is 6.13. The monoisotopic (exact) mass is 171 g/mol. The van der Waals surface area contributed by atoms with Crippen molar-refractivity contribution in [2.24, 2.45) is 0 Å². The minimum Gasteiger partial charge on any atom is -0.398 e. The highest BCUT2D eigenvalue weighted by atomic mass is 19.3. The molecule has 0 aromatic heterocycles. The molecule has 1 rings (SSSR count). The van der Waals surface area contributed by atoms with Crippen molar-refractivity contribution in [3.63, 3.8) is 0 Å². The first-order valence-corrected chi connectivity index (χ1v) is 3.28. The second-order valence-electron chi connectivity index (χ2n) is 2.27. The number of benzene rings is 1. The predicted octanol–water partition coefficient (Wildman–Crippen LogP) is 2.02. The third-order valence-electron chi connectivity index (χ3n) is 1.53. The molecule has 0 saturated heterocycles. The van der Waals surface area contributed by atoms with Gasteiger partial charge in [-0.25, -0.2) is 8.78 Å². The minimum absolute atomic E-state index is 0.0859. The van der Waals surface area contributed by atoms with Crippen LogP contribution in [0.25, 0.3) is 0 Å². The molecule has 1 aromatic carbocycles. The SMILES string of the molecule is Nc1cccc(C(F)F)c1C=O. The Bertz CT molecular complexity index is 299. The van der Waals surface area contributed by atoms with Gasteiger partial charge in [-0.15, -0.1) is 0 Å². The van der Waals surface area contributed by atoms with Crippen molar-refractivity contribution in [3.05, 3.63) is 29.3 Å². The topological polar surface area (TPSA) is 43.1 Å². The number of nitrogens with two attached hydrogens (primary N) is 1. The van der Waals surface area contributed by atoms with E-state index in [1.807, 2.05) is 0 Å². The van der Waals surface area contributed by atoms with E-state index in [0.717, 1.165) is 0 Å². The Morgan fingerprint density at radius 1 is 1.42 bits per heavy atom. The molecule has 0 fully saturated rings. The molecule has 0 atom stereocenters. The lowest BCUT2D eigenvalue weighted by Crippen LogP contribution is -1.98. The summed E-state index contributed by atoms with van der Waals surface area (Å²) in [6.45, 7) is 0. The van der Waals surface area contributed by atoms with Crippen LogP contribution < -0.4 is 5.73 Å². The van der Waals surface area contributed by atoms with E-state index in [9.17, 15) is 13.6 Å². The highest BCUT2D eigenvalue weighted by Crippen LogP contribution is 2.24. The summed E-state index contributed by atoms with van der Waals surface area (Å²) in [4.78, 5) is 10.3. The number of carbonyl (C=O) groups excluding carboxylic acids is 1. The van der Waals surface area contributed by atoms with Gasteiger partial charge >= 0.3 is 0 Å². The van der Waals surface area contributed by atoms with Crippen LogP contribution in [0.15, 0.2) is 18.2 Å². The van der Waals surface area contributed by atoms with Crippen molar-refractivity contribution in [1.29, 1.82) is 0 Å². The number of rotatable bonds is 2. The molecule has 0 heterocycles. The molecule has 0 radical (unpaired) electrons. The van der Waals surface area contributed by atoms with Crippen molar-refractivity contribution in [2.75, 3.05) is 5.73 Å². The van der Waals surface area contributed by atoms with Crippen LogP contribution in [0.2, 0.25) is 0 Å². The Labute approximate surface area is 68.0 Å². The molecule has 4 heteroatoms. The van der Waals surface area contributed by atoms with Crippen molar-refractivity contribution >= 4 is 12.0 Å². The summed E-state index contributed by atoms with van der Waals surface area (Å²) in [7, 11) is 0. The van der Waals surface area contributed by atoms with Crippen molar-refractivity contribution in [3.8, 4) is 0 Å². The molecule has 0 bridgehead atoms. The van der Waals surface area contributed by atoms with Crippen LogP contribution in [0.1, 0.15) is 22.3 Å². The smallest absolute Gasteiger partial charge is 0.264 e. The summed E-state index contributed by atoms with van der Waals surface area (Å²) in [6.07, 6.45) is -2.31. The lowest BCUT2D eigenvalue weighted by molar-refractivity contribution is 0.110. The molecule has 0 aliphatic rings. The van der Waals surface area contributed by atoms with Crippen LogP contribution in [0.5, 0.6) is 0 Å². The second-order valence-corrected chi connectivity index (χ2v) is 2.27. The average molecular weight is 171 g/mol. The normalized spacial score (nSPS) is 10.2. The summed E-state index contributed by atoms with van der Waals surface area (Å²) in [5, 5.41) is 0.